The van der Waals surface area contributed by atoms with Gasteiger partial charge in [-0.2, -0.15) is 0 Å². The highest BCUT2D eigenvalue weighted by atomic mass is 16.4. The van der Waals surface area contributed by atoms with Gasteiger partial charge in [0.25, 0.3) is 0 Å². The number of carboxylic acids is 1. The van der Waals surface area contributed by atoms with Gasteiger partial charge in [0, 0.05) is 24.9 Å². The molecule has 1 aliphatic heterocycles. The largest absolute Gasteiger partial charge is 0.480 e. The number of nitrogens with two attached hydrogens (primary N) is 2. The number of imidazole rings is 1. The lowest BCUT2D eigenvalue weighted by Crippen LogP contribution is -2.54. The Morgan fingerprint density at radius 1 is 1.29 bits per heavy atom. The van der Waals surface area contributed by atoms with E-state index in [4.69, 9.17) is 11.5 Å². The highest BCUT2D eigenvalue weighted by Crippen LogP contribution is 2.17. The number of unbranched alkanes of at least 4 members (excludes halogenated alkanes) is 1. The van der Waals surface area contributed by atoms with Crippen LogP contribution in [0.1, 0.15) is 37.8 Å². The van der Waals surface area contributed by atoms with E-state index in [9.17, 15) is 24.3 Å². The fraction of sp³-hybridized carbons (Fsp3) is 0.632. The van der Waals surface area contributed by atoms with E-state index in [-0.39, 0.29) is 13.0 Å². The Morgan fingerprint density at radius 2 is 2.06 bits per heavy atom. The van der Waals surface area contributed by atoms with Gasteiger partial charge in [0.2, 0.25) is 17.7 Å². The first kappa shape index (κ1) is 24.3. The topological polar surface area (TPSA) is 197 Å². The third kappa shape index (κ3) is 7.33. The highest BCUT2D eigenvalue weighted by molar-refractivity contribution is 5.92. The molecule has 1 aromatic rings. The summed E-state index contributed by atoms with van der Waals surface area (Å²) in [7, 11) is 0. The van der Waals surface area contributed by atoms with Crippen molar-refractivity contribution in [1.82, 2.24) is 25.5 Å². The number of nitrogens with one attached hydrogen (secondary N) is 3. The smallest absolute Gasteiger partial charge is 0.326 e. The minimum absolute atomic E-state index is 0.128. The lowest BCUT2D eigenvalue weighted by Gasteiger charge is -2.23. The van der Waals surface area contributed by atoms with Crippen LogP contribution in [0.4, 0.5) is 0 Å². The van der Waals surface area contributed by atoms with Crippen molar-refractivity contribution in [2.24, 2.45) is 11.5 Å². The van der Waals surface area contributed by atoms with Crippen LogP contribution in [0.5, 0.6) is 0 Å². The van der Waals surface area contributed by atoms with Gasteiger partial charge in [0.15, 0.2) is 0 Å². The molecule has 0 radical (unpaired) electrons. The van der Waals surface area contributed by atoms with Crippen molar-refractivity contribution in [3.8, 4) is 0 Å². The molecule has 8 N–H and O–H groups in total. The zero-order valence-corrected chi connectivity index (χ0v) is 17.4. The van der Waals surface area contributed by atoms with Crippen molar-refractivity contribution in [3.63, 3.8) is 0 Å². The molecule has 0 spiro atoms. The minimum Gasteiger partial charge on any atom is -0.480 e. The predicted octanol–water partition coefficient (Wildman–Crippen LogP) is -1.91. The first-order valence-corrected chi connectivity index (χ1v) is 10.4. The Morgan fingerprint density at radius 3 is 2.71 bits per heavy atom. The normalized spacial score (nSPS) is 17.7. The molecule has 1 aromatic heterocycles. The second-order valence-corrected chi connectivity index (χ2v) is 7.53. The number of hydrogen-bond acceptors (Lipinski definition) is 7. The van der Waals surface area contributed by atoms with E-state index in [1.807, 2.05) is 0 Å². The van der Waals surface area contributed by atoms with Crippen molar-refractivity contribution in [2.75, 3.05) is 19.6 Å². The molecule has 1 saturated heterocycles. The standard InChI is InChI=1S/C19H31N7O5/c20-6-2-1-4-13(21)17(28)25-14(8-12-9-22-11-24-12)18(29)23-10-16(27)26-7-3-5-15(26)19(30)31/h9,11,13-15H,1-8,10,20-21H2,(H,22,24)(H,23,29)(H,25,28)(H,30,31). The van der Waals surface area contributed by atoms with Gasteiger partial charge in [-0.05, 0) is 32.2 Å². The first-order chi connectivity index (χ1) is 14.8. The van der Waals surface area contributed by atoms with E-state index in [0.29, 0.717) is 44.5 Å². The highest BCUT2D eigenvalue weighted by Gasteiger charge is 2.34. The van der Waals surface area contributed by atoms with Crippen molar-refractivity contribution >= 4 is 23.7 Å². The molecule has 0 aliphatic carbocycles. The van der Waals surface area contributed by atoms with Crippen molar-refractivity contribution in [3.05, 3.63) is 18.2 Å². The number of likely N-dealkylation sites (tertiary alicyclic amines) is 1. The fourth-order valence-electron chi connectivity index (χ4n) is 3.45. The Labute approximate surface area is 180 Å². The van der Waals surface area contributed by atoms with E-state index in [1.54, 1.807) is 0 Å². The summed E-state index contributed by atoms with van der Waals surface area (Å²) in [5, 5.41) is 14.3. The van der Waals surface area contributed by atoms with Crippen LogP contribution in [0.3, 0.4) is 0 Å². The molecule has 172 valence electrons. The molecule has 12 heteroatoms. The lowest BCUT2D eigenvalue weighted by molar-refractivity contribution is -0.148. The molecule has 0 aromatic carbocycles. The number of aromatic amines is 1. The van der Waals surface area contributed by atoms with E-state index in [2.05, 4.69) is 20.6 Å². The van der Waals surface area contributed by atoms with Gasteiger partial charge < -0.3 is 37.1 Å². The van der Waals surface area contributed by atoms with Crippen LogP contribution < -0.4 is 22.1 Å². The maximum absolute atomic E-state index is 12.7. The second kappa shape index (κ2) is 12.0. The Balaban J connectivity index is 1.95. The fourth-order valence-corrected chi connectivity index (χ4v) is 3.45. The molecular weight excluding hydrogens is 406 g/mol. The number of aromatic nitrogens is 2. The summed E-state index contributed by atoms with van der Waals surface area (Å²) in [6.07, 6.45) is 5.96. The number of aliphatic carboxylic acids is 1. The number of carbonyl (C=O) groups is 4. The van der Waals surface area contributed by atoms with Gasteiger partial charge in [-0.1, -0.05) is 6.42 Å². The molecule has 2 heterocycles. The van der Waals surface area contributed by atoms with Gasteiger partial charge >= 0.3 is 5.97 Å². The minimum atomic E-state index is -1.06. The van der Waals surface area contributed by atoms with Gasteiger partial charge in [0.05, 0.1) is 18.9 Å². The molecule has 0 bridgehead atoms. The average molecular weight is 438 g/mol. The van der Waals surface area contributed by atoms with Crippen LogP contribution in [0, 0.1) is 0 Å². The molecule has 3 atom stereocenters. The number of H-pyrrole nitrogens is 1. The molecule has 12 nitrogen and oxygen atoms in total. The summed E-state index contributed by atoms with van der Waals surface area (Å²) >= 11 is 0. The van der Waals surface area contributed by atoms with Crippen LogP contribution in [0.15, 0.2) is 12.5 Å². The Hall–Kier alpha value is -2.99. The van der Waals surface area contributed by atoms with Gasteiger partial charge in [0.1, 0.15) is 12.1 Å². The molecule has 1 fully saturated rings. The van der Waals surface area contributed by atoms with E-state index in [1.165, 1.54) is 17.4 Å². The Bertz CT molecular complexity index is 755. The van der Waals surface area contributed by atoms with Crippen LogP contribution >= 0.6 is 0 Å². The molecule has 3 amide bonds. The molecule has 1 aliphatic rings. The van der Waals surface area contributed by atoms with Crippen LogP contribution in [-0.4, -0.2) is 81.4 Å². The number of hydrogen-bond donors (Lipinski definition) is 6. The first-order valence-electron chi connectivity index (χ1n) is 10.4. The third-order valence-corrected chi connectivity index (χ3v) is 5.19. The van der Waals surface area contributed by atoms with Crippen LogP contribution in [0.2, 0.25) is 0 Å². The zero-order chi connectivity index (χ0) is 22.8. The molecule has 2 rings (SSSR count). The average Bonchev–Trinajstić information content (AvgIpc) is 3.43. The maximum Gasteiger partial charge on any atom is 0.326 e. The van der Waals surface area contributed by atoms with Crippen molar-refractivity contribution in [2.45, 2.75) is 56.7 Å². The Kier molecular flexibility index (Phi) is 9.40. The molecular formula is C19H31N7O5. The maximum atomic E-state index is 12.7. The molecule has 0 saturated carbocycles. The quantitative estimate of drug-likeness (QED) is 0.203. The molecule has 31 heavy (non-hydrogen) atoms. The number of carbonyl (C=O) groups excluding carboxylic acids is 3. The van der Waals surface area contributed by atoms with E-state index >= 15 is 0 Å². The summed E-state index contributed by atoms with van der Waals surface area (Å²) in [6, 6.07) is -2.64. The summed E-state index contributed by atoms with van der Waals surface area (Å²) < 4.78 is 0. The number of nitrogens with zero attached hydrogens (tertiary/aromatic N) is 2. The van der Waals surface area contributed by atoms with Gasteiger partial charge in [-0.15, -0.1) is 0 Å². The monoisotopic (exact) mass is 437 g/mol. The van der Waals surface area contributed by atoms with Crippen LogP contribution in [-0.2, 0) is 25.6 Å². The SMILES string of the molecule is NCCCCC(N)C(=O)NC(Cc1cnc[nH]1)C(=O)NCC(=O)N1CCCC1C(=O)O. The molecule has 3 unspecified atom stereocenters. The van der Waals surface area contributed by atoms with Crippen molar-refractivity contribution < 1.29 is 24.3 Å². The number of amides is 3. The van der Waals surface area contributed by atoms with Gasteiger partial charge in [-0.25, -0.2) is 9.78 Å². The number of carboxylic acid groups (broad SMARTS) is 1. The lowest BCUT2D eigenvalue weighted by atomic mass is 10.1. The summed E-state index contributed by atoms with van der Waals surface area (Å²) in [5.41, 5.74) is 12.0. The van der Waals surface area contributed by atoms with Crippen molar-refractivity contribution in [1.29, 1.82) is 0 Å². The summed E-state index contributed by atoms with van der Waals surface area (Å²) in [5.74, 6) is -2.60. The summed E-state index contributed by atoms with van der Waals surface area (Å²) in [6.45, 7) is 0.477. The van der Waals surface area contributed by atoms with Crippen LogP contribution in [0.25, 0.3) is 0 Å². The zero-order valence-electron chi connectivity index (χ0n) is 17.4. The van der Waals surface area contributed by atoms with E-state index < -0.39 is 41.8 Å². The van der Waals surface area contributed by atoms with E-state index in [0.717, 1.165) is 6.42 Å². The summed E-state index contributed by atoms with van der Waals surface area (Å²) in [4.78, 5) is 56.8. The predicted molar refractivity (Wildman–Crippen MR) is 110 cm³/mol. The third-order valence-electron chi connectivity index (χ3n) is 5.19. The second-order valence-electron chi connectivity index (χ2n) is 7.53. The van der Waals surface area contributed by atoms with Gasteiger partial charge in [-0.3, -0.25) is 14.4 Å². The number of rotatable bonds is 12.